The van der Waals surface area contributed by atoms with E-state index in [1.165, 1.54) is 16.9 Å². The fourth-order valence-electron chi connectivity index (χ4n) is 1.63. The third-order valence-electron chi connectivity index (χ3n) is 2.46. The minimum absolute atomic E-state index is 0.419. The van der Waals surface area contributed by atoms with Crippen LogP contribution in [0.15, 0.2) is 28.5 Å². The third kappa shape index (κ3) is 3.14. The Kier molecular flexibility index (Phi) is 4.51. The van der Waals surface area contributed by atoms with Gasteiger partial charge in [-0.2, -0.15) is 11.3 Å². The summed E-state index contributed by atoms with van der Waals surface area (Å²) in [6.07, 6.45) is 4.20. The van der Waals surface area contributed by atoms with Crippen molar-refractivity contribution in [3.63, 3.8) is 0 Å². The molecule has 0 amide bonds. The highest BCUT2D eigenvalue weighted by molar-refractivity contribution is 7.09. The molecule has 2 nitrogen and oxygen atoms in total. The van der Waals surface area contributed by atoms with Crippen LogP contribution < -0.4 is 5.32 Å². The molecule has 4 heteroatoms. The van der Waals surface area contributed by atoms with Gasteiger partial charge >= 0.3 is 0 Å². The second kappa shape index (κ2) is 6.13. The van der Waals surface area contributed by atoms with Crippen LogP contribution in [0.3, 0.4) is 0 Å². The number of hydrogen-bond donors (Lipinski definition) is 1. The van der Waals surface area contributed by atoms with Gasteiger partial charge in [0.2, 0.25) is 0 Å². The van der Waals surface area contributed by atoms with Gasteiger partial charge < -0.3 is 5.32 Å². The fourth-order valence-corrected chi connectivity index (χ4v) is 3.01. The van der Waals surface area contributed by atoms with Gasteiger partial charge in [0.05, 0.1) is 5.51 Å². The maximum Gasteiger partial charge on any atom is 0.0794 e. The summed E-state index contributed by atoms with van der Waals surface area (Å²) in [5.41, 5.74) is 3.32. The Labute approximate surface area is 104 Å². The monoisotopic (exact) mass is 252 g/mol. The number of thiophene rings is 1. The molecule has 0 aliphatic heterocycles. The van der Waals surface area contributed by atoms with Gasteiger partial charge in [-0.3, -0.25) is 4.98 Å². The average Bonchev–Trinajstić information content (AvgIpc) is 2.96. The van der Waals surface area contributed by atoms with E-state index < -0.39 is 0 Å². The largest absolute Gasteiger partial charge is 0.309 e. The molecule has 2 rings (SSSR count). The lowest BCUT2D eigenvalue weighted by molar-refractivity contribution is 0.536. The number of nitrogens with zero attached hydrogens (tertiary/aromatic N) is 1. The molecule has 1 atom stereocenters. The van der Waals surface area contributed by atoms with Crippen LogP contribution in [0, 0.1) is 0 Å². The molecule has 0 bridgehead atoms. The maximum absolute atomic E-state index is 4.16. The maximum atomic E-state index is 4.16. The Morgan fingerprint density at radius 2 is 2.44 bits per heavy atom. The lowest BCUT2D eigenvalue weighted by atomic mass is 10.1. The smallest absolute Gasteiger partial charge is 0.0794 e. The first-order valence-electron chi connectivity index (χ1n) is 5.53. The Balaban J connectivity index is 2.03. The van der Waals surface area contributed by atoms with Crippen LogP contribution in [0.2, 0.25) is 0 Å². The van der Waals surface area contributed by atoms with Crippen LogP contribution in [0.4, 0.5) is 0 Å². The summed E-state index contributed by atoms with van der Waals surface area (Å²) in [5, 5.41) is 7.95. The van der Waals surface area contributed by atoms with Crippen molar-refractivity contribution in [2.75, 3.05) is 6.54 Å². The summed E-state index contributed by atoms with van der Waals surface area (Å²) in [7, 11) is 0. The van der Waals surface area contributed by atoms with Crippen LogP contribution in [-0.4, -0.2) is 11.5 Å². The molecule has 1 unspecified atom stereocenters. The minimum atomic E-state index is 0.419. The van der Waals surface area contributed by atoms with Gasteiger partial charge in [0.25, 0.3) is 0 Å². The summed E-state index contributed by atoms with van der Waals surface area (Å²) >= 11 is 3.50. The van der Waals surface area contributed by atoms with Crippen LogP contribution in [0.5, 0.6) is 0 Å². The van der Waals surface area contributed by atoms with Crippen LogP contribution in [-0.2, 0) is 6.42 Å². The Hall–Kier alpha value is -0.710. The predicted molar refractivity (Wildman–Crippen MR) is 71.2 cm³/mol. The molecule has 1 N–H and O–H groups in total. The Morgan fingerprint density at radius 3 is 3.06 bits per heavy atom. The van der Waals surface area contributed by atoms with E-state index in [4.69, 9.17) is 0 Å². The van der Waals surface area contributed by atoms with E-state index in [2.05, 4.69) is 34.1 Å². The van der Waals surface area contributed by atoms with Crippen molar-refractivity contribution in [3.8, 4) is 0 Å². The van der Waals surface area contributed by atoms with E-state index in [0.717, 1.165) is 13.0 Å². The number of rotatable bonds is 6. The van der Waals surface area contributed by atoms with Gasteiger partial charge in [0, 0.05) is 17.1 Å². The highest BCUT2D eigenvalue weighted by Crippen LogP contribution is 2.22. The van der Waals surface area contributed by atoms with Crippen molar-refractivity contribution >= 4 is 22.7 Å². The molecule has 0 aliphatic carbocycles. The molecular weight excluding hydrogens is 236 g/mol. The highest BCUT2D eigenvalue weighted by Gasteiger charge is 2.13. The van der Waals surface area contributed by atoms with E-state index in [1.807, 2.05) is 11.7 Å². The Bertz CT molecular complexity index is 381. The van der Waals surface area contributed by atoms with Gasteiger partial charge in [0.1, 0.15) is 0 Å². The minimum Gasteiger partial charge on any atom is -0.309 e. The number of hydrogen-bond acceptors (Lipinski definition) is 4. The second-order valence-electron chi connectivity index (χ2n) is 3.75. The topological polar surface area (TPSA) is 24.9 Å². The first kappa shape index (κ1) is 11.8. The summed E-state index contributed by atoms with van der Waals surface area (Å²) in [5.74, 6) is 0. The molecule has 2 heterocycles. The summed E-state index contributed by atoms with van der Waals surface area (Å²) in [6, 6.07) is 2.62. The highest BCUT2D eigenvalue weighted by atomic mass is 32.1. The normalized spacial score (nSPS) is 12.8. The van der Waals surface area contributed by atoms with E-state index in [1.54, 1.807) is 22.7 Å². The number of aromatic nitrogens is 1. The summed E-state index contributed by atoms with van der Waals surface area (Å²) in [4.78, 5) is 5.49. The Morgan fingerprint density at radius 1 is 1.50 bits per heavy atom. The zero-order valence-corrected chi connectivity index (χ0v) is 11.0. The van der Waals surface area contributed by atoms with Crippen LogP contribution >= 0.6 is 22.7 Å². The number of nitrogens with one attached hydrogen (secondary N) is 1. The molecule has 2 aromatic rings. The number of thiazole rings is 1. The average molecular weight is 252 g/mol. The molecule has 0 aromatic carbocycles. The molecular formula is C12H16N2S2. The van der Waals surface area contributed by atoms with E-state index >= 15 is 0 Å². The van der Waals surface area contributed by atoms with Gasteiger partial charge in [-0.05, 0) is 41.8 Å². The summed E-state index contributed by atoms with van der Waals surface area (Å²) < 4.78 is 0. The zero-order chi connectivity index (χ0) is 11.2. The van der Waals surface area contributed by atoms with Crippen molar-refractivity contribution < 1.29 is 0 Å². The molecule has 0 radical (unpaired) electrons. The molecule has 0 saturated carbocycles. The van der Waals surface area contributed by atoms with E-state index in [9.17, 15) is 0 Å². The third-order valence-corrected chi connectivity index (χ3v) is 4.08. The fraction of sp³-hybridized carbons (Fsp3) is 0.417. The molecule has 2 aromatic heterocycles. The van der Waals surface area contributed by atoms with Crippen molar-refractivity contribution in [3.05, 3.63) is 39.0 Å². The first-order chi connectivity index (χ1) is 7.90. The van der Waals surface area contributed by atoms with Crippen LogP contribution in [0.25, 0.3) is 0 Å². The van der Waals surface area contributed by atoms with Crippen molar-refractivity contribution in [1.29, 1.82) is 0 Å². The summed E-state index contributed by atoms with van der Waals surface area (Å²) in [6.45, 7) is 3.26. The van der Waals surface area contributed by atoms with Gasteiger partial charge in [-0.15, -0.1) is 11.3 Å². The lowest BCUT2D eigenvalue weighted by Gasteiger charge is -2.15. The molecule has 0 aliphatic rings. The quantitative estimate of drug-likeness (QED) is 0.851. The predicted octanol–water partition coefficient (Wildman–Crippen LogP) is 3.49. The lowest BCUT2D eigenvalue weighted by Crippen LogP contribution is -2.23. The SMILES string of the molecule is CCCNC(Cc1ccsc1)c1cncs1. The molecule has 16 heavy (non-hydrogen) atoms. The van der Waals surface area contributed by atoms with Crippen molar-refractivity contribution in [1.82, 2.24) is 10.3 Å². The van der Waals surface area contributed by atoms with E-state index in [-0.39, 0.29) is 0 Å². The van der Waals surface area contributed by atoms with E-state index in [0.29, 0.717) is 6.04 Å². The van der Waals surface area contributed by atoms with Gasteiger partial charge in [-0.1, -0.05) is 6.92 Å². The van der Waals surface area contributed by atoms with Crippen molar-refractivity contribution in [2.24, 2.45) is 0 Å². The van der Waals surface area contributed by atoms with Crippen molar-refractivity contribution in [2.45, 2.75) is 25.8 Å². The first-order valence-corrected chi connectivity index (χ1v) is 7.35. The second-order valence-corrected chi connectivity index (χ2v) is 5.44. The van der Waals surface area contributed by atoms with Gasteiger partial charge in [0.15, 0.2) is 0 Å². The van der Waals surface area contributed by atoms with Crippen LogP contribution in [0.1, 0.15) is 29.8 Å². The molecule has 0 fully saturated rings. The zero-order valence-electron chi connectivity index (χ0n) is 9.35. The molecule has 86 valence electrons. The molecule has 0 saturated heterocycles. The van der Waals surface area contributed by atoms with Gasteiger partial charge in [-0.25, -0.2) is 0 Å². The standard InChI is InChI=1S/C12H16N2S2/c1-2-4-14-11(12-7-13-9-16-12)6-10-3-5-15-8-10/h3,5,7-9,11,14H,2,4,6H2,1H3. The molecule has 0 spiro atoms.